The summed E-state index contributed by atoms with van der Waals surface area (Å²) in [4.78, 5) is 11.4. The molecule has 1 aliphatic carbocycles. The van der Waals surface area contributed by atoms with Crippen LogP contribution in [0.4, 0.5) is 13.2 Å². The molecular formula is C16H22BrF3O4. The molecule has 5 rings (SSSR count). The molecule has 0 radical (unpaired) electrons. The molecule has 24 heavy (non-hydrogen) atoms. The van der Waals surface area contributed by atoms with Crippen LogP contribution in [0.5, 0.6) is 0 Å². The van der Waals surface area contributed by atoms with E-state index < -0.39 is 34.3 Å². The minimum absolute atomic E-state index is 0.0540. The summed E-state index contributed by atoms with van der Waals surface area (Å²) in [7, 11) is 0. The Hall–Kier alpha value is 0.110. The van der Waals surface area contributed by atoms with Crippen molar-refractivity contribution in [1.29, 1.82) is 0 Å². The smallest absolute Gasteiger partial charge is 0.322 e. The Morgan fingerprint density at radius 3 is 2.38 bits per heavy atom. The van der Waals surface area contributed by atoms with E-state index in [0.29, 0.717) is 18.8 Å². The Morgan fingerprint density at radius 2 is 1.71 bits per heavy atom. The normalized spacial score (nSPS) is 57.4. The van der Waals surface area contributed by atoms with Crippen molar-refractivity contribution in [1.82, 2.24) is 0 Å². The lowest BCUT2D eigenvalue weighted by molar-refractivity contribution is -0.577. The quantitative estimate of drug-likeness (QED) is 0.431. The van der Waals surface area contributed by atoms with Gasteiger partial charge in [0, 0.05) is 18.3 Å². The molecule has 4 aliphatic heterocycles. The first-order chi connectivity index (χ1) is 11.0. The minimum Gasteiger partial charge on any atom is -0.322 e. The molecule has 4 nitrogen and oxygen atoms in total. The fourth-order valence-electron chi connectivity index (χ4n) is 5.23. The zero-order chi connectivity index (χ0) is 17.5. The van der Waals surface area contributed by atoms with Crippen LogP contribution in [0.25, 0.3) is 0 Å². The largest absolute Gasteiger partial charge is 0.427 e. The first-order valence-electron chi connectivity index (χ1n) is 8.51. The molecule has 0 aromatic carbocycles. The highest BCUT2D eigenvalue weighted by Crippen LogP contribution is 2.65. The third-order valence-corrected chi connectivity index (χ3v) is 7.99. The maximum absolute atomic E-state index is 13.8. The number of alkyl halides is 4. The van der Waals surface area contributed by atoms with Crippen LogP contribution in [-0.4, -0.2) is 28.4 Å². The van der Waals surface area contributed by atoms with Crippen LogP contribution in [-0.2, 0) is 19.2 Å². The molecule has 8 heteroatoms. The van der Waals surface area contributed by atoms with Crippen molar-refractivity contribution in [3.8, 4) is 0 Å². The van der Waals surface area contributed by atoms with Gasteiger partial charge in [-0.3, -0.25) is 0 Å². The molecule has 4 saturated heterocycles. The van der Waals surface area contributed by atoms with Gasteiger partial charge < -0.3 is 9.47 Å². The summed E-state index contributed by atoms with van der Waals surface area (Å²) in [6, 6.07) is 0. The van der Waals surface area contributed by atoms with Gasteiger partial charge in [0.2, 0.25) is 10.3 Å². The second-order valence-electron chi connectivity index (χ2n) is 7.96. The van der Waals surface area contributed by atoms with E-state index in [4.69, 9.17) is 19.2 Å². The number of fused-ring (bicyclic) bond motifs is 2. The highest BCUT2D eigenvalue weighted by molar-refractivity contribution is 9.10. The molecule has 5 aliphatic rings. The monoisotopic (exact) mass is 414 g/mol. The first-order valence-corrected chi connectivity index (χ1v) is 9.31. The van der Waals surface area contributed by atoms with Gasteiger partial charge in [-0.25, -0.2) is 9.78 Å². The lowest BCUT2D eigenvalue weighted by Gasteiger charge is -2.62. The molecule has 0 aromatic heterocycles. The van der Waals surface area contributed by atoms with Gasteiger partial charge >= 0.3 is 6.18 Å². The van der Waals surface area contributed by atoms with Gasteiger partial charge in [-0.05, 0) is 54.0 Å². The summed E-state index contributed by atoms with van der Waals surface area (Å²) in [5.41, 5.74) is -0.977. The van der Waals surface area contributed by atoms with Crippen LogP contribution < -0.4 is 0 Å². The first kappa shape index (κ1) is 17.5. The second-order valence-corrected chi connectivity index (χ2v) is 9.14. The summed E-state index contributed by atoms with van der Waals surface area (Å²) in [6.07, 6.45) is -2.79. The molecule has 0 unspecified atom stereocenters. The summed E-state index contributed by atoms with van der Waals surface area (Å²) in [5, 5.41) is 0. The van der Waals surface area contributed by atoms with E-state index in [-0.39, 0.29) is 11.8 Å². The molecule has 1 spiro atoms. The molecule has 8 atom stereocenters. The number of hydrogen-bond donors (Lipinski definition) is 0. The zero-order valence-corrected chi connectivity index (χ0v) is 15.4. The maximum atomic E-state index is 13.8. The Morgan fingerprint density at radius 1 is 1.00 bits per heavy atom. The number of ether oxygens (including phenoxy) is 2. The lowest BCUT2D eigenvalue weighted by Crippen LogP contribution is -2.74. The van der Waals surface area contributed by atoms with E-state index in [1.54, 1.807) is 13.8 Å². The van der Waals surface area contributed by atoms with Gasteiger partial charge in [0.05, 0.1) is 0 Å². The van der Waals surface area contributed by atoms with Crippen molar-refractivity contribution in [2.45, 2.75) is 74.8 Å². The van der Waals surface area contributed by atoms with Crippen LogP contribution in [0.3, 0.4) is 0 Å². The van der Waals surface area contributed by atoms with E-state index in [2.05, 4.69) is 22.9 Å². The van der Waals surface area contributed by atoms with Crippen LogP contribution in [0, 0.1) is 23.7 Å². The molecule has 0 amide bonds. The van der Waals surface area contributed by atoms with E-state index >= 15 is 0 Å². The van der Waals surface area contributed by atoms with Gasteiger partial charge in [-0.15, -0.1) is 0 Å². The van der Waals surface area contributed by atoms with Crippen molar-refractivity contribution in [3.05, 3.63) is 0 Å². The average Bonchev–Trinajstić information content (AvgIpc) is 2.70. The van der Waals surface area contributed by atoms with E-state index in [9.17, 15) is 13.2 Å². The summed E-state index contributed by atoms with van der Waals surface area (Å²) >= 11 is 2.87. The summed E-state index contributed by atoms with van der Waals surface area (Å²) in [6.45, 7) is 5.40. The molecule has 2 bridgehead atoms. The van der Waals surface area contributed by atoms with Gasteiger partial charge in [-0.1, -0.05) is 13.8 Å². The van der Waals surface area contributed by atoms with Crippen molar-refractivity contribution >= 4 is 15.9 Å². The predicted octanol–water partition coefficient (Wildman–Crippen LogP) is 4.52. The fraction of sp³-hybridized carbons (Fsp3) is 1.00. The highest BCUT2D eigenvalue weighted by Gasteiger charge is 2.75. The van der Waals surface area contributed by atoms with Gasteiger partial charge in [0.25, 0.3) is 0 Å². The van der Waals surface area contributed by atoms with Crippen LogP contribution in [0.15, 0.2) is 0 Å². The third-order valence-electron chi connectivity index (χ3n) is 6.63. The van der Waals surface area contributed by atoms with Crippen molar-refractivity contribution < 1.29 is 32.4 Å². The number of rotatable bonds is 0. The minimum atomic E-state index is -4.55. The Labute approximate surface area is 147 Å². The predicted molar refractivity (Wildman–Crippen MR) is 80.8 cm³/mol. The van der Waals surface area contributed by atoms with Crippen molar-refractivity contribution in [2.75, 3.05) is 0 Å². The Bertz CT molecular complexity index is 546. The van der Waals surface area contributed by atoms with E-state index in [0.717, 1.165) is 12.8 Å². The molecule has 0 aromatic rings. The Kier molecular flexibility index (Phi) is 3.72. The molecule has 1 saturated carbocycles. The van der Waals surface area contributed by atoms with Crippen LogP contribution in [0.1, 0.15) is 46.5 Å². The molecular weight excluding hydrogens is 393 g/mol. The van der Waals surface area contributed by atoms with Crippen LogP contribution >= 0.6 is 15.9 Å². The van der Waals surface area contributed by atoms with Crippen molar-refractivity contribution in [2.24, 2.45) is 23.7 Å². The van der Waals surface area contributed by atoms with Gasteiger partial charge in [0.1, 0.15) is 0 Å². The lowest BCUT2D eigenvalue weighted by atomic mass is 9.57. The molecule has 138 valence electrons. The molecule has 4 heterocycles. The topological polar surface area (TPSA) is 36.9 Å². The molecule has 0 N–H and O–H groups in total. The molecule has 5 fully saturated rings. The standard InChI is InChI=1S/C16H22BrF3O4/c1-8-4-5-11-9(2)15(17,16(18,19)20)22-12-14(11)10(8)6-7-13(3,21-12)23-24-14/h8-12H,4-7H2,1-3H3/t8-,9-,10+,11+,12+,13+,14-,15-/m1/s1. The Balaban J connectivity index is 1.84. The van der Waals surface area contributed by atoms with E-state index in [1.807, 2.05) is 0 Å². The average molecular weight is 415 g/mol. The third kappa shape index (κ3) is 2.06. The fourth-order valence-corrected chi connectivity index (χ4v) is 5.72. The summed E-state index contributed by atoms with van der Waals surface area (Å²) < 4.78 is 50.4. The van der Waals surface area contributed by atoms with Crippen LogP contribution in [0.2, 0.25) is 0 Å². The van der Waals surface area contributed by atoms with Crippen molar-refractivity contribution in [3.63, 3.8) is 0 Å². The highest BCUT2D eigenvalue weighted by atomic mass is 79.9. The second kappa shape index (κ2) is 5.09. The van der Waals surface area contributed by atoms with E-state index in [1.165, 1.54) is 0 Å². The maximum Gasteiger partial charge on any atom is 0.427 e. The SMILES string of the molecule is C[C@@H]1CC[C@H]2[C@@H](C)[C@](Br)(C(F)(F)F)O[C@@H]3O[C@]4(C)CC[C@@H]1[C@]32OO4. The summed E-state index contributed by atoms with van der Waals surface area (Å²) in [5.74, 6) is -1.88. The van der Waals surface area contributed by atoms with Gasteiger partial charge in [-0.2, -0.15) is 13.2 Å². The number of hydrogen-bond acceptors (Lipinski definition) is 4. The zero-order valence-electron chi connectivity index (χ0n) is 13.9. The number of halogens is 4. The van der Waals surface area contributed by atoms with Gasteiger partial charge in [0.15, 0.2) is 11.9 Å².